The van der Waals surface area contributed by atoms with Crippen molar-refractivity contribution in [3.8, 4) is 11.5 Å². The topological polar surface area (TPSA) is 17.4 Å². The standard InChI is InChI=1S/C33H29BN2O/c1-32-16-6-7-17-33(32,2)36-26-14-9-15-28-30(26)34(23-12-8-11-22(32)31(23)36)24-19-27-21(18-29(24)37-28)20-10-4-5-13-25(20)35(27)3/h4-5,8-15,18-19H,6-7,16-17H2,1-3H3. The fourth-order valence-corrected chi connectivity index (χ4v) is 8.62. The minimum Gasteiger partial charge on any atom is -0.458 e. The van der Waals surface area contributed by atoms with Gasteiger partial charge >= 0.3 is 0 Å². The van der Waals surface area contributed by atoms with E-state index in [1.807, 2.05) is 0 Å². The van der Waals surface area contributed by atoms with Gasteiger partial charge in [-0.3, -0.25) is 0 Å². The third kappa shape index (κ3) is 2.16. The lowest BCUT2D eigenvalue weighted by molar-refractivity contribution is 0.195. The van der Waals surface area contributed by atoms with Crippen molar-refractivity contribution in [2.24, 2.45) is 7.05 Å². The first-order chi connectivity index (χ1) is 18.0. The summed E-state index contributed by atoms with van der Waals surface area (Å²) in [6.07, 6.45) is 5.08. The van der Waals surface area contributed by atoms with E-state index in [2.05, 4.69) is 103 Å². The van der Waals surface area contributed by atoms with Gasteiger partial charge in [0.15, 0.2) is 0 Å². The lowest BCUT2D eigenvalue weighted by Gasteiger charge is -2.52. The van der Waals surface area contributed by atoms with Crippen LogP contribution in [0.1, 0.15) is 45.1 Å². The molecule has 1 aliphatic carbocycles. The molecule has 3 nitrogen and oxygen atoms in total. The quantitative estimate of drug-likeness (QED) is 0.248. The van der Waals surface area contributed by atoms with Crippen LogP contribution in [0.25, 0.3) is 21.8 Å². The summed E-state index contributed by atoms with van der Waals surface area (Å²) in [4.78, 5) is 2.73. The van der Waals surface area contributed by atoms with Crippen LogP contribution in [0.4, 0.5) is 11.4 Å². The zero-order chi connectivity index (χ0) is 24.7. The predicted octanol–water partition coefficient (Wildman–Crippen LogP) is 6.01. The highest BCUT2D eigenvalue weighted by Gasteiger charge is 2.61. The molecule has 1 fully saturated rings. The monoisotopic (exact) mass is 480 g/mol. The second-order valence-corrected chi connectivity index (χ2v) is 12.1. The lowest BCUT2D eigenvalue weighted by Crippen LogP contribution is -2.63. The molecule has 4 aromatic carbocycles. The van der Waals surface area contributed by atoms with E-state index >= 15 is 0 Å². The molecule has 37 heavy (non-hydrogen) atoms. The molecule has 4 aliphatic rings. The van der Waals surface area contributed by atoms with Gasteiger partial charge < -0.3 is 14.2 Å². The van der Waals surface area contributed by atoms with Crippen LogP contribution in [0.15, 0.2) is 72.8 Å². The summed E-state index contributed by atoms with van der Waals surface area (Å²) in [5.41, 5.74) is 11.2. The molecule has 1 saturated carbocycles. The highest BCUT2D eigenvalue weighted by Crippen LogP contribution is 2.61. The van der Waals surface area contributed by atoms with Crippen molar-refractivity contribution >= 4 is 56.3 Å². The van der Waals surface area contributed by atoms with E-state index in [-0.39, 0.29) is 17.7 Å². The van der Waals surface area contributed by atoms with Crippen LogP contribution in [0.5, 0.6) is 11.5 Å². The number of benzene rings is 4. The first-order valence-corrected chi connectivity index (χ1v) is 13.8. The molecule has 0 radical (unpaired) electrons. The Labute approximate surface area is 217 Å². The van der Waals surface area contributed by atoms with Crippen molar-refractivity contribution in [1.29, 1.82) is 0 Å². The highest BCUT2D eigenvalue weighted by molar-refractivity contribution is 6.99. The van der Waals surface area contributed by atoms with Crippen molar-refractivity contribution in [3.05, 3.63) is 78.4 Å². The number of rotatable bonds is 0. The van der Waals surface area contributed by atoms with Crippen LogP contribution < -0.4 is 26.0 Å². The molecule has 5 aromatic rings. The Morgan fingerprint density at radius 3 is 2.54 bits per heavy atom. The molecular weight excluding hydrogens is 451 g/mol. The third-order valence-electron chi connectivity index (χ3n) is 10.6. The van der Waals surface area contributed by atoms with Gasteiger partial charge in [0.1, 0.15) is 11.5 Å². The summed E-state index contributed by atoms with van der Waals surface area (Å²) in [5.74, 6) is 2.01. The normalized spacial score (nSPS) is 24.5. The summed E-state index contributed by atoms with van der Waals surface area (Å²) >= 11 is 0. The summed E-state index contributed by atoms with van der Waals surface area (Å²) < 4.78 is 9.11. The fourth-order valence-electron chi connectivity index (χ4n) is 8.62. The number of ether oxygens (including phenoxy) is 1. The van der Waals surface area contributed by atoms with Crippen molar-refractivity contribution in [3.63, 3.8) is 0 Å². The van der Waals surface area contributed by atoms with Gasteiger partial charge in [0.25, 0.3) is 6.71 Å². The van der Waals surface area contributed by atoms with Crippen molar-refractivity contribution in [2.75, 3.05) is 4.90 Å². The zero-order valence-electron chi connectivity index (χ0n) is 21.6. The summed E-state index contributed by atoms with van der Waals surface area (Å²) in [7, 11) is 2.19. The SMILES string of the molecule is Cn1c2ccccc2c2cc3c(cc21)B1c2cccc4c2N(c2cccc(c21)O3)C1(C)CCCCC41C. The molecule has 0 spiro atoms. The van der Waals surface area contributed by atoms with Crippen LogP contribution in [-0.4, -0.2) is 16.8 Å². The van der Waals surface area contributed by atoms with Gasteiger partial charge in [-0.25, -0.2) is 0 Å². The van der Waals surface area contributed by atoms with Crippen molar-refractivity contribution in [1.82, 2.24) is 4.57 Å². The van der Waals surface area contributed by atoms with Gasteiger partial charge in [-0.05, 0) is 72.0 Å². The number of nitrogens with zero attached hydrogens (tertiary/aromatic N) is 2. The molecular formula is C33H29BN2O. The first-order valence-electron chi connectivity index (χ1n) is 13.8. The highest BCUT2D eigenvalue weighted by atomic mass is 16.5. The van der Waals surface area contributed by atoms with E-state index in [0.717, 1.165) is 11.5 Å². The molecule has 2 unspecified atom stereocenters. The molecule has 0 amide bonds. The molecule has 0 bridgehead atoms. The second-order valence-electron chi connectivity index (χ2n) is 12.1. The van der Waals surface area contributed by atoms with Crippen molar-refractivity contribution in [2.45, 2.75) is 50.5 Å². The molecule has 0 N–H and O–H groups in total. The Morgan fingerprint density at radius 2 is 1.62 bits per heavy atom. The largest absolute Gasteiger partial charge is 0.458 e. The van der Waals surface area contributed by atoms with Crippen LogP contribution in [-0.2, 0) is 12.5 Å². The van der Waals surface area contributed by atoms with E-state index in [0.29, 0.717) is 0 Å². The van der Waals surface area contributed by atoms with Crippen LogP contribution >= 0.6 is 0 Å². The molecule has 3 aliphatic heterocycles. The zero-order valence-corrected chi connectivity index (χ0v) is 21.6. The molecule has 4 heteroatoms. The summed E-state index contributed by atoms with van der Waals surface area (Å²) in [6.45, 7) is 5.23. The minimum atomic E-state index is 0.0733. The Hall–Kier alpha value is -3.66. The van der Waals surface area contributed by atoms with Gasteiger partial charge in [-0.2, -0.15) is 0 Å². The molecule has 180 valence electrons. The van der Waals surface area contributed by atoms with Crippen LogP contribution in [0.2, 0.25) is 0 Å². The van der Waals surface area contributed by atoms with Gasteiger partial charge in [0.05, 0.1) is 5.54 Å². The number of hydrogen-bond donors (Lipinski definition) is 0. The number of fused-ring (bicyclic) bond motifs is 10. The third-order valence-corrected chi connectivity index (χ3v) is 10.6. The van der Waals surface area contributed by atoms with Gasteiger partial charge in [0.2, 0.25) is 0 Å². The maximum Gasteiger partial charge on any atom is 0.256 e. The summed E-state index contributed by atoms with van der Waals surface area (Å²) in [6, 6.07) is 27.3. The number of aryl methyl sites for hydroxylation is 1. The Kier molecular flexibility index (Phi) is 3.54. The minimum absolute atomic E-state index is 0.0733. The average Bonchev–Trinajstić information content (AvgIpc) is 3.31. The van der Waals surface area contributed by atoms with Gasteiger partial charge in [-0.15, -0.1) is 0 Å². The van der Waals surface area contributed by atoms with E-state index in [9.17, 15) is 0 Å². The molecule has 0 saturated heterocycles. The van der Waals surface area contributed by atoms with Crippen LogP contribution in [0, 0.1) is 0 Å². The number of para-hydroxylation sites is 2. The molecule has 2 atom stereocenters. The first kappa shape index (κ1) is 20.4. The predicted molar refractivity (Wildman–Crippen MR) is 154 cm³/mol. The average molecular weight is 480 g/mol. The van der Waals surface area contributed by atoms with E-state index < -0.39 is 0 Å². The van der Waals surface area contributed by atoms with E-state index in [1.54, 1.807) is 5.56 Å². The maximum atomic E-state index is 6.77. The molecule has 1 aromatic heterocycles. The lowest BCUT2D eigenvalue weighted by atomic mass is 9.34. The maximum absolute atomic E-state index is 6.77. The van der Waals surface area contributed by atoms with Crippen LogP contribution in [0.3, 0.4) is 0 Å². The van der Waals surface area contributed by atoms with Gasteiger partial charge in [0, 0.05) is 45.6 Å². The van der Waals surface area contributed by atoms with Gasteiger partial charge in [-0.1, -0.05) is 62.2 Å². The number of anilines is 2. The van der Waals surface area contributed by atoms with Crippen molar-refractivity contribution < 1.29 is 4.74 Å². The fraction of sp³-hybridized carbons (Fsp3) is 0.273. The Morgan fingerprint density at radius 1 is 0.784 bits per heavy atom. The molecule has 9 rings (SSSR count). The Bertz CT molecular complexity index is 1840. The van der Waals surface area contributed by atoms with E-state index in [4.69, 9.17) is 4.74 Å². The number of aromatic nitrogens is 1. The van der Waals surface area contributed by atoms with E-state index in [1.165, 1.54) is 75.3 Å². The smallest absolute Gasteiger partial charge is 0.256 e. The second kappa shape index (κ2) is 6.42. The Balaban J connectivity index is 1.39. The number of hydrogen-bond acceptors (Lipinski definition) is 2. The summed E-state index contributed by atoms with van der Waals surface area (Å²) in [5, 5.41) is 2.55. The molecule has 4 heterocycles.